The standard InChI is InChI=1S/C22H16BrF3N2O5S/c1-28-4-5-33-19-3-2-12(24)8-14(19)13-9-18(17(26)10-16(13)25)27-34(31,32)20-7-11(22(28)30)6-15(23)21(20)29/h2-3,6-10,27,29H,4-5H2,1H3. The molecule has 0 aliphatic carbocycles. The van der Waals surface area contributed by atoms with Crippen molar-refractivity contribution in [2.24, 2.45) is 0 Å². The van der Waals surface area contributed by atoms with Crippen molar-refractivity contribution in [1.82, 2.24) is 4.90 Å². The van der Waals surface area contributed by atoms with Crippen LogP contribution in [0.4, 0.5) is 18.9 Å². The average molecular weight is 557 g/mol. The Morgan fingerprint density at radius 2 is 1.79 bits per heavy atom. The number of amides is 1. The molecule has 1 amide bonds. The van der Waals surface area contributed by atoms with E-state index in [-0.39, 0.29) is 40.1 Å². The van der Waals surface area contributed by atoms with E-state index in [0.717, 1.165) is 24.3 Å². The number of aromatic hydroxyl groups is 1. The number of carbonyl (C=O) groups excluding carboxylic acids is 1. The molecule has 0 aromatic heterocycles. The SMILES string of the molecule is CN1CCOc2ccc(F)cc2-c2cc(c(F)cc2F)NS(=O)(=O)c2cc(cc(Br)c2O)C1=O. The van der Waals surface area contributed by atoms with Crippen molar-refractivity contribution in [2.75, 3.05) is 24.9 Å². The van der Waals surface area contributed by atoms with Gasteiger partial charge in [-0.05, 0) is 52.3 Å². The number of nitrogens with zero attached hydrogens (tertiary/aromatic N) is 1. The summed E-state index contributed by atoms with van der Waals surface area (Å²) in [5.74, 6) is -4.33. The molecule has 34 heavy (non-hydrogen) atoms. The summed E-state index contributed by atoms with van der Waals surface area (Å²) in [4.78, 5) is 13.4. The Morgan fingerprint density at radius 1 is 1.06 bits per heavy atom. The summed E-state index contributed by atoms with van der Waals surface area (Å²) in [5.41, 5.74) is -1.16. The average Bonchev–Trinajstić information content (AvgIpc) is 2.77. The molecule has 4 rings (SSSR count). The third kappa shape index (κ3) is 4.42. The molecule has 0 radical (unpaired) electrons. The summed E-state index contributed by atoms with van der Waals surface area (Å²) in [6, 6.07) is 6.77. The smallest absolute Gasteiger partial charge is 0.265 e. The minimum atomic E-state index is -4.66. The van der Waals surface area contributed by atoms with Crippen LogP contribution in [0.1, 0.15) is 10.4 Å². The van der Waals surface area contributed by atoms with Gasteiger partial charge < -0.3 is 14.7 Å². The molecular weight excluding hydrogens is 541 g/mol. The van der Waals surface area contributed by atoms with Gasteiger partial charge in [0.15, 0.2) is 0 Å². The number of ether oxygens (including phenoxy) is 1. The summed E-state index contributed by atoms with van der Waals surface area (Å²) in [6.07, 6.45) is 0. The molecule has 3 aromatic carbocycles. The summed E-state index contributed by atoms with van der Waals surface area (Å²) in [7, 11) is -3.22. The van der Waals surface area contributed by atoms with Gasteiger partial charge in [-0.3, -0.25) is 9.52 Å². The fourth-order valence-electron chi connectivity index (χ4n) is 3.39. The number of nitrogens with one attached hydrogen (secondary N) is 1. The first-order valence-corrected chi connectivity index (χ1v) is 12.0. The van der Waals surface area contributed by atoms with Crippen LogP contribution >= 0.6 is 15.9 Å². The molecule has 3 aromatic rings. The molecule has 2 N–H and O–H groups in total. The highest BCUT2D eigenvalue weighted by molar-refractivity contribution is 9.10. The van der Waals surface area contributed by atoms with Gasteiger partial charge >= 0.3 is 0 Å². The molecule has 4 bridgehead atoms. The number of fused-ring (bicyclic) bond motifs is 6. The first-order valence-electron chi connectivity index (χ1n) is 9.70. The highest BCUT2D eigenvalue weighted by Gasteiger charge is 2.27. The lowest BCUT2D eigenvalue weighted by molar-refractivity contribution is 0.0773. The van der Waals surface area contributed by atoms with E-state index in [1.54, 1.807) is 0 Å². The van der Waals surface area contributed by atoms with Crippen molar-refractivity contribution in [3.8, 4) is 22.6 Å². The number of halogens is 4. The van der Waals surface area contributed by atoms with E-state index in [1.165, 1.54) is 24.1 Å². The number of rotatable bonds is 0. The zero-order valence-corrected chi connectivity index (χ0v) is 19.8. The molecule has 1 aliphatic rings. The lowest BCUT2D eigenvalue weighted by Crippen LogP contribution is -2.31. The molecule has 1 heterocycles. The van der Waals surface area contributed by atoms with Crippen LogP contribution in [0, 0.1) is 17.5 Å². The Labute approximate surface area is 201 Å². The number of phenols is 1. The van der Waals surface area contributed by atoms with Crippen LogP contribution < -0.4 is 9.46 Å². The minimum absolute atomic E-state index is 0.0334. The number of benzene rings is 3. The van der Waals surface area contributed by atoms with Gasteiger partial charge in [-0.1, -0.05) is 0 Å². The fourth-order valence-corrected chi connectivity index (χ4v) is 5.18. The fraction of sp³-hybridized carbons (Fsp3) is 0.136. The third-order valence-corrected chi connectivity index (χ3v) is 7.11. The molecule has 0 spiro atoms. The van der Waals surface area contributed by atoms with E-state index in [4.69, 9.17) is 4.74 Å². The molecule has 178 valence electrons. The molecular formula is C22H16BrF3N2O5S. The molecule has 0 unspecified atom stereocenters. The predicted molar refractivity (Wildman–Crippen MR) is 121 cm³/mol. The number of sulfonamides is 1. The van der Waals surface area contributed by atoms with Gasteiger partial charge in [0.05, 0.1) is 16.7 Å². The van der Waals surface area contributed by atoms with Gasteiger partial charge in [0, 0.05) is 29.8 Å². The third-order valence-electron chi connectivity index (χ3n) is 5.13. The van der Waals surface area contributed by atoms with Crippen LogP contribution in [0.15, 0.2) is 51.8 Å². The lowest BCUT2D eigenvalue weighted by Gasteiger charge is -2.19. The topological polar surface area (TPSA) is 95.9 Å². The Bertz CT molecular complexity index is 1430. The quantitative estimate of drug-likeness (QED) is 0.425. The van der Waals surface area contributed by atoms with Gasteiger partial charge in [0.25, 0.3) is 15.9 Å². The summed E-state index contributed by atoms with van der Waals surface area (Å²) >= 11 is 3.02. The Hall–Kier alpha value is -3.25. The lowest BCUT2D eigenvalue weighted by atomic mass is 10.0. The minimum Gasteiger partial charge on any atom is -0.505 e. The monoisotopic (exact) mass is 556 g/mol. The number of anilines is 1. The number of phenolic OH excluding ortho intramolecular Hbond substituents is 1. The highest BCUT2D eigenvalue weighted by Crippen LogP contribution is 2.38. The number of carbonyl (C=O) groups is 1. The van der Waals surface area contributed by atoms with Crippen molar-refractivity contribution in [1.29, 1.82) is 0 Å². The van der Waals surface area contributed by atoms with Crippen LogP contribution in [0.25, 0.3) is 11.1 Å². The second kappa shape index (κ2) is 8.84. The van der Waals surface area contributed by atoms with Gasteiger partial charge in [0.1, 0.15) is 40.5 Å². The van der Waals surface area contributed by atoms with Crippen LogP contribution in [0.2, 0.25) is 0 Å². The summed E-state index contributed by atoms with van der Waals surface area (Å²) in [5, 5.41) is 10.3. The van der Waals surface area contributed by atoms with Gasteiger partial charge in [-0.25, -0.2) is 21.6 Å². The van der Waals surface area contributed by atoms with Crippen LogP contribution in [0.3, 0.4) is 0 Å². The molecule has 0 saturated heterocycles. The number of likely N-dealkylation sites (N-methyl/N-ethyl adjacent to an activating group) is 1. The van der Waals surface area contributed by atoms with Crippen LogP contribution in [0.5, 0.6) is 11.5 Å². The second-order valence-electron chi connectivity index (χ2n) is 7.44. The van der Waals surface area contributed by atoms with Crippen molar-refractivity contribution in [3.05, 3.63) is 70.0 Å². The zero-order chi connectivity index (χ0) is 24.8. The largest absolute Gasteiger partial charge is 0.505 e. The van der Waals surface area contributed by atoms with E-state index in [2.05, 4.69) is 15.9 Å². The van der Waals surface area contributed by atoms with E-state index in [0.29, 0.717) is 6.07 Å². The number of hydrogen-bond donors (Lipinski definition) is 2. The van der Waals surface area contributed by atoms with Crippen molar-refractivity contribution >= 4 is 37.5 Å². The van der Waals surface area contributed by atoms with Gasteiger partial charge in [0.2, 0.25) is 0 Å². The van der Waals surface area contributed by atoms with E-state index in [9.17, 15) is 31.5 Å². The molecule has 0 fully saturated rings. The first kappa shape index (κ1) is 23.9. The van der Waals surface area contributed by atoms with Crippen molar-refractivity contribution in [2.45, 2.75) is 4.90 Å². The maximum atomic E-state index is 14.7. The first-order chi connectivity index (χ1) is 16.0. The molecule has 1 aliphatic heterocycles. The van der Waals surface area contributed by atoms with Gasteiger partial charge in [-0.15, -0.1) is 0 Å². The van der Waals surface area contributed by atoms with E-state index >= 15 is 0 Å². The molecule has 12 heteroatoms. The normalized spacial score (nSPS) is 15.4. The Morgan fingerprint density at radius 3 is 2.53 bits per heavy atom. The second-order valence-corrected chi connectivity index (χ2v) is 9.94. The highest BCUT2D eigenvalue weighted by atomic mass is 79.9. The Balaban J connectivity index is 1.97. The van der Waals surface area contributed by atoms with Crippen LogP contribution in [-0.2, 0) is 10.0 Å². The van der Waals surface area contributed by atoms with Crippen LogP contribution in [-0.4, -0.2) is 44.5 Å². The van der Waals surface area contributed by atoms with E-state index in [1.807, 2.05) is 4.72 Å². The zero-order valence-electron chi connectivity index (χ0n) is 17.4. The molecule has 0 atom stereocenters. The molecule has 0 saturated carbocycles. The maximum absolute atomic E-state index is 14.7. The number of hydrogen-bond acceptors (Lipinski definition) is 5. The van der Waals surface area contributed by atoms with Gasteiger partial charge in [-0.2, -0.15) is 0 Å². The Kier molecular flexibility index (Phi) is 6.21. The predicted octanol–water partition coefficient (Wildman–Crippen LogP) is 4.50. The summed E-state index contributed by atoms with van der Waals surface area (Å²) < 4.78 is 76.9. The van der Waals surface area contributed by atoms with Crippen molar-refractivity contribution < 1.29 is 36.2 Å². The molecule has 7 nitrogen and oxygen atoms in total. The maximum Gasteiger partial charge on any atom is 0.265 e. The van der Waals surface area contributed by atoms with Crippen molar-refractivity contribution in [3.63, 3.8) is 0 Å². The summed E-state index contributed by atoms with van der Waals surface area (Å²) in [6.45, 7) is -0.0369. The van der Waals surface area contributed by atoms with E-state index < -0.39 is 49.7 Å².